The number of carbonyl (C=O) groups excluding carboxylic acids is 1. The maximum atomic E-state index is 13.7. The highest BCUT2D eigenvalue weighted by Gasteiger charge is 2.55. The summed E-state index contributed by atoms with van der Waals surface area (Å²) in [7, 11) is -2.33. The van der Waals surface area contributed by atoms with Gasteiger partial charge in [0, 0.05) is 58.6 Å². The summed E-state index contributed by atoms with van der Waals surface area (Å²) in [5.74, 6) is -0.135. The number of sulfonamides is 1. The van der Waals surface area contributed by atoms with Crippen molar-refractivity contribution < 1.29 is 23.2 Å². The predicted octanol–water partition coefficient (Wildman–Crippen LogP) is 2.10. The Hall–Kier alpha value is -1.72. The van der Waals surface area contributed by atoms with Crippen molar-refractivity contribution in [3.8, 4) is 0 Å². The second-order valence-electron chi connectivity index (χ2n) is 9.71. The van der Waals surface area contributed by atoms with Crippen molar-refractivity contribution >= 4 is 21.6 Å². The summed E-state index contributed by atoms with van der Waals surface area (Å²) >= 11 is 0. The van der Waals surface area contributed by atoms with E-state index in [9.17, 15) is 18.4 Å². The highest BCUT2D eigenvalue weighted by atomic mass is 32.2. The molecule has 2 heterocycles. The number of piperidine rings is 1. The summed E-state index contributed by atoms with van der Waals surface area (Å²) in [5.41, 5.74) is 4.06. The molecule has 0 aliphatic carbocycles. The number of ether oxygens (including phenoxy) is 1. The van der Waals surface area contributed by atoms with E-state index >= 15 is 0 Å². The standard InChI is InChI=1S/C25H42N4O5S/c1-4-21(5-2)20-22-6-8-23(9-7-22)28-14-16-29(17-15-28)35(32,33)25(24(30)26-31)10-12-27(13-11-25)18-19-34-3/h6-9,21,31H,4-5,10-20H2,1-3H3,(H,26,30). The van der Waals surface area contributed by atoms with E-state index in [1.54, 1.807) is 12.6 Å². The van der Waals surface area contributed by atoms with Crippen molar-refractivity contribution in [3.63, 3.8) is 0 Å². The summed E-state index contributed by atoms with van der Waals surface area (Å²) < 4.78 is 32.3. The molecule has 0 radical (unpaired) electrons. The van der Waals surface area contributed by atoms with Crippen molar-refractivity contribution in [2.75, 3.05) is 64.4 Å². The third-order valence-corrected chi connectivity index (χ3v) is 10.5. The van der Waals surface area contributed by atoms with Crippen LogP contribution in [-0.4, -0.2) is 93.0 Å². The molecule has 35 heavy (non-hydrogen) atoms. The number of methoxy groups -OCH3 is 1. The monoisotopic (exact) mass is 510 g/mol. The lowest BCUT2D eigenvalue weighted by molar-refractivity contribution is -0.133. The van der Waals surface area contributed by atoms with Crippen LogP contribution in [0.4, 0.5) is 5.69 Å². The van der Waals surface area contributed by atoms with Crippen LogP contribution in [0.25, 0.3) is 0 Å². The van der Waals surface area contributed by atoms with E-state index < -0.39 is 20.7 Å². The zero-order valence-electron chi connectivity index (χ0n) is 21.4. The highest BCUT2D eigenvalue weighted by Crippen LogP contribution is 2.34. The Morgan fingerprint density at radius 2 is 1.66 bits per heavy atom. The molecule has 198 valence electrons. The molecule has 9 nitrogen and oxygen atoms in total. The molecule has 0 saturated carbocycles. The molecule has 2 aliphatic rings. The van der Waals surface area contributed by atoms with Gasteiger partial charge in [-0.3, -0.25) is 10.0 Å². The molecular weight excluding hydrogens is 468 g/mol. The number of nitrogens with one attached hydrogen (secondary N) is 1. The number of hydrogen-bond donors (Lipinski definition) is 2. The Kier molecular flexibility index (Phi) is 9.94. The van der Waals surface area contributed by atoms with Crippen molar-refractivity contribution in [2.24, 2.45) is 5.92 Å². The topological polar surface area (TPSA) is 102 Å². The average molecular weight is 511 g/mol. The van der Waals surface area contributed by atoms with Gasteiger partial charge in [-0.15, -0.1) is 0 Å². The van der Waals surface area contributed by atoms with Gasteiger partial charge >= 0.3 is 0 Å². The molecule has 1 aromatic carbocycles. The average Bonchev–Trinajstić information content (AvgIpc) is 2.90. The molecule has 0 bridgehead atoms. The van der Waals surface area contributed by atoms with Crippen molar-refractivity contribution in [2.45, 2.75) is 50.7 Å². The third-order valence-electron chi connectivity index (χ3n) is 7.84. The van der Waals surface area contributed by atoms with E-state index in [0.29, 0.717) is 58.3 Å². The van der Waals surface area contributed by atoms with Crippen LogP contribution in [0.5, 0.6) is 0 Å². The van der Waals surface area contributed by atoms with Gasteiger partial charge in [0.25, 0.3) is 5.91 Å². The van der Waals surface area contributed by atoms with E-state index in [4.69, 9.17) is 4.74 Å². The van der Waals surface area contributed by atoms with Crippen molar-refractivity contribution in [3.05, 3.63) is 29.8 Å². The highest BCUT2D eigenvalue weighted by molar-refractivity contribution is 7.91. The molecular formula is C25H42N4O5S. The van der Waals surface area contributed by atoms with Gasteiger partial charge < -0.3 is 14.5 Å². The van der Waals surface area contributed by atoms with Gasteiger partial charge in [0.15, 0.2) is 4.75 Å². The molecule has 2 N–H and O–H groups in total. The van der Waals surface area contributed by atoms with Crippen molar-refractivity contribution in [1.29, 1.82) is 0 Å². The summed E-state index contributed by atoms with van der Waals surface area (Å²) in [6.45, 7) is 8.35. The fourth-order valence-electron chi connectivity index (χ4n) is 5.25. The number of amides is 1. The number of hydroxylamine groups is 1. The normalized spacial score (nSPS) is 19.7. The van der Waals surface area contributed by atoms with Crippen LogP contribution in [0.15, 0.2) is 24.3 Å². The van der Waals surface area contributed by atoms with E-state index in [0.717, 1.165) is 12.1 Å². The summed E-state index contributed by atoms with van der Waals surface area (Å²) in [5, 5.41) is 9.40. The number of hydrogen-bond acceptors (Lipinski definition) is 7. The molecule has 1 aromatic rings. The number of nitrogens with zero attached hydrogens (tertiary/aromatic N) is 3. The molecule has 0 unspecified atom stereocenters. The molecule has 0 atom stereocenters. The Bertz CT molecular complexity index is 904. The first-order chi connectivity index (χ1) is 16.8. The van der Waals surface area contributed by atoms with Gasteiger partial charge in [-0.25, -0.2) is 13.9 Å². The maximum absolute atomic E-state index is 13.7. The minimum Gasteiger partial charge on any atom is -0.383 e. The zero-order valence-corrected chi connectivity index (χ0v) is 22.2. The van der Waals surface area contributed by atoms with Gasteiger partial charge in [-0.1, -0.05) is 38.8 Å². The van der Waals surface area contributed by atoms with Gasteiger partial charge in [0.05, 0.1) is 6.61 Å². The number of rotatable bonds is 11. The zero-order chi connectivity index (χ0) is 25.5. The second kappa shape index (κ2) is 12.5. The fraction of sp³-hybridized carbons (Fsp3) is 0.720. The second-order valence-corrected chi connectivity index (χ2v) is 12.0. The number of piperazine rings is 1. The van der Waals surface area contributed by atoms with Gasteiger partial charge in [-0.2, -0.15) is 4.31 Å². The molecule has 2 fully saturated rings. The molecule has 10 heteroatoms. The van der Waals surface area contributed by atoms with Gasteiger partial charge in [0.2, 0.25) is 10.0 Å². The number of anilines is 1. The minimum atomic E-state index is -3.96. The van der Waals surface area contributed by atoms with E-state index in [1.165, 1.54) is 22.7 Å². The van der Waals surface area contributed by atoms with E-state index in [1.807, 2.05) is 0 Å². The van der Waals surface area contributed by atoms with Crippen LogP contribution in [0, 0.1) is 5.92 Å². The Labute approximate surface area is 210 Å². The summed E-state index contributed by atoms with van der Waals surface area (Å²) in [4.78, 5) is 17.0. The van der Waals surface area contributed by atoms with Crippen LogP contribution in [0.1, 0.15) is 45.1 Å². The van der Waals surface area contributed by atoms with E-state index in [2.05, 4.69) is 47.9 Å². The van der Waals surface area contributed by atoms with Crippen LogP contribution in [-0.2, 0) is 26.0 Å². The molecule has 3 rings (SSSR count). The van der Waals surface area contributed by atoms with Crippen LogP contribution in [0.3, 0.4) is 0 Å². The van der Waals surface area contributed by atoms with Gasteiger partial charge in [-0.05, 0) is 42.9 Å². The van der Waals surface area contributed by atoms with Crippen LogP contribution < -0.4 is 10.4 Å². The Balaban J connectivity index is 1.65. The molecule has 0 spiro atoms. The van der Waals surface area contributed by atoms with Gasteiger partial charge in [0.1, 0.15) is 0 Å². The lowest BCUT2D eigenvalue weighted by Crippen LogP contribution is -2.63. The Morgan fingerprint density at radius 1 is 1.06 bits per heavy atom. The summed E-state index contributed by atoms with van der Waals surface area (Å²) in [6, 6.07) is 8.60. The molecule has 0 aromatic heterocycles. The predicted molar refractivity (Wildman–Crippen MR) is 137 cm³/mol. The Morgan fingerprint density at radius 3 is 2.17 bits per heavy atom. The first-order valence-electron chi connectivity index (χ1n) is 12.8. The number of carbonyl (C=O) groups is 1. The molecule has 1 amide bonds. The minimum absolute atomic E-state index is 0.142. The van der Waals surface area contributed by atoms with E-state index in [-0.39, 0.29) is 12.8 Å². The smallest absolute Gasteiger partial charge is 0.266 e. The number of likely N-dealkylation sites (tertiary alicyclic amines) is 1. The fourth-order valence-corrected chi connectivity index (χ4v) is 7.37. The third kappa shape index (κ3) is 6.17. The quantitative estimate of drug-likeness (QED) is 0.347. The first-order valence-corrected chi connectivity index (χ1v) is 14.2. The number of benzene rings is 1. The maximum Gasteiger partial charge on any atom is 0.266 e. The lowest BCUT2D eigenvalue weighted by atomic mass is 9.94. The first kappa shape index (κ1) is 27.9. The van der Waals surface area contributed by atoms with Crippen molar-refractivity contribution in [1.82, 2.24) is 14.7 Å². The molecule has 2 saturated heterocycles. The largest absolute Gasteiger partial charge is 0.383 e. The SMILES string of the molecule is CCC(CC)Cc1ccc(N2CCN(S(=O)(=O)C3(C(=O)NO)CCN(CCOC)CC3)CC2)cc1. The van der Waals surface area contributed by atoms with Crippen LogP contribution >= 0.6 is 0 Å². The van der Waals surface area contributed by atoms with Crippen LogP contribution in [0.2, 0.25) is 0 Å². The summed E-state index contributed by atoms with van der Waals surface area (Å²) in [6.07, 6.45) is 3.72. The molecule has 2 aliphatic heterocycles. The lowest BCUT2D eigenvalue weighted by Gasteiger charge is -2.44.